The molecule has 0 aliphatic rings. The maximum Gasteiger partial charge on any atom is 0.0955 e. The van der Waals surface area contributed by atoms with E-state index in [0.717, 1.165) is 5.52 Å². The van der Waals surface area contributed by atoms with Gasteiger partial charge < -0.3 is 0 Å². The summed E-state index contributed by atoms with van der Waals surface area (Å²) in [4.78, 5) is 0. The Labute approximate surface area is 71.8 Å². The molecule has 0 saturated heterocycles. The van der Waals surface area contributed by atoms with Gasteiger partial charge in [0.05, 0.1) is 5.52 Å². The number of nitrogens with zero attached hydrogens (tertiary/aromatic N) is 2. The van der Waals surface area contributed by atoms with Gasteiger partial charge in [0.15, 0.2) is 0 Å². The zero-order valence-electron chi connectivity index (χ0n) is 7.63. The van der Waals surface area contributed by atoms with Gasteiger partial charge in [-0.3, -0.25) is 4.68 Å². The van der Waals surface area contributed by atoms with Crippen molar-refractivity contribution in [3.63, 3.8) is 0 Å². The Morgan fingerprint density at radius 3 is 2.67 bits per heavy atom. The second kappa shape index (κ2) is 2.34. The highest BCUT2D eigenvalue weighted by Crippen LogP contribution is 2.19. The molecule has 0 aliphatic carbocycles. The topological polar surface area (TPSA) is 17.8 Å². The third-order valence-electron chi connectivity index (χ3n) is 2.36. The normalized spacial score (nSPS) is 10.9. The lowest BCUT2D eigenvalue weighted by Gasteiger charge is -1.92. The van der Waals surface area contributed by atoms with Crippen LogP contribution < -0.4 is 0 Å². The van der Waals surface area contributed by atoms with Crippen LogP contribution in [0.5, 0.6) is 0 Å². The van der Waals surface area contributed by atoms with E-state index in [1.807, 2.05) is 11.7 Å². The van der Waals surface area contributed by atoms with E-state index >= 15 is 0 Å². The Bertz CT molecular complexity index is 427. The standard InChI is InChI=1S/C10H12N2/c1-7-5-4-6-9-8(2)12(3)11-10(7)9/h4-6H,1-3H3. The molecular formula is C10H12N2. The predicted molar refractivity (Wildman–Crippen MR) is 50.2 cm³/mol. The first kappa shape index (κ1) is 7.35. The molecule has 2 heteroatoms. The molecule has 2 nitrogen and oxygen atoms in total. The fourth-order valence-corrected chi connectivity index (χ4v) is 1.48. The number of rotatable bonds is 0. The minimum absolute atomic E-state index is 1.12. The summed E-state index contributed by atoms with van der Waals surface area (Å²) < 4.78 is 1.93. The summed E-state index contributed by atoms with van der Waals surface area (Å²) in [5.74, 6) is 0. The van der Waals surface area contributed by atoms with Crippen LogP contribution in [0.1, 0.15) is 11.3 Å². The summed E-state index contributed by atoms with van der Waals surface area (Å²) >= 11 is 0. The van der Waals surface area contributed by atoms with E-state index in [1.165, 1.54) is 16.6 Å². The molecule has 0 aliphatic heterocycles. The summed E-state index contributed by atoms with van der Waals surface area (Å²) in [7, 11) is 1.98. The van der Waals surface area contributed by atoms with Crippen LogP contribution in [0.3, 0.4) is 0 Å². The Morgan fingerprint density at radius 2 is 2.00 bits per heavy atom. The highest BCUT2D eigenvalue weighted by Gasteiger charge is 2.04. The van der Waals surface area contributed by atoms with Crippen LogP contribution in [0.4, 0.5) is 0 Å². The number of benzene rings is 1. The highest BCUT2D eigenvalue weighted by atomic mass is 15.3. The van der Waals surface area contributed by atoms with Crippen molar-refractivity contribution < 1.29 is 0 Å². The molecule has 0 saturated carbocycles. The average Bonchev–Trinajstić information content (AvgIpc) is 2.32. The van der Waals surface area contributed by atoms with Crippen molar-refractivity contribution in [1.29, 1.82) is 0 Å². The van der Waals surface area contributed by atoms with Crippen LogP contribution in [-0.4, -0.2) is 9.78 Å². The van der Waals surface area contributed by atoms with Crippen LogP contribution in [0.2, 0.25) is 0 Å². The van der Waals surface area contributed by atoms with Crippen molar-refractivity contribution in [2.24, 2.45) is 7.05 Å². The van der Waals surface area contributed by atoms with Gasteiger partial charge in [0.1, 0.15) is 0 Å². The van der Waals surface area contributed by atoms with E-state index in [1.54, 1.807) is 0 Å². The summed E-state index contributed by atoms with van der Waals surface area (Å²) in [5, 5.41) is 5.69. The lowest BCUT2D eigenvalue weighted by molar-refractivity contribution is 0.750. The molecule has 0 unspecified atom stereocenters. The molecular weight excluding hydrogens is 148 g/mol. The molecule has 1 aromatic carbocycles. The SMILES string of the molecule is Cc1cccc2c(C)n(C)nc12. The number of fused-ring (bicyclic) bond motifs is 1. The molecule has 0 spiro atoms. The van der Waals surface area contributed by atoms with Gasteiger partial charge >= 0.3 is 0 Å². The van der Waals surface area contributed by atoms with Crippen LogP contribution in [0.15, 0.2) is 18.2 Å². The van der Waals surface area contributed by atoms with Gasteiger partial charge in [0.2, 0.25) is 0 Å². The van der Waals surface area contributed by atoms with Gasteiger partial charge in [0.25, 0.3) is 0 Å². The zero-order chi connectivity index (χ0) is 8.72. The van der Waals surface area contributed by atoms with Crippen molar-refractivity contribution in [2.45, 2.75) is 13.8 Å². The van der Waals surface area contributed by atoms with E-state index in [4.69, 9.17) is 0 Å². The third kappa shape index (κ3) is 0.843. The Morgan fingerprint density at radius 1 is 1.25 bits per heavy atom. The predicted octanol–water partition coefficient (Wildman–Crippen LogP) is 2.19. The quantitative estimate of drug-likeness (QED) is 0.577. The molecule has 0 radical (unpaired) electrons. The lowest BCUT2D eigenvalue weighted by atomic mass is 10.1. The summed E-state index contributed by atoms with van der Waals surface area (Å²) in [6, 6.07) is 6.28. The van der Waals surface area contributed by atoms with Crippen molar-refractivity contribution in [3.05, 3.63) is 29.5 Å². The van der Waals surface area contributed by atoms with E-state index in [9.17, 15) is 0 Å². The number of aryl methyl sites for hydroxylation is 3. The molecule has 0 bridgehead atoms. The third-order valence-corrected chi connectivity index (χ3v) is 2.36. The zero-order valence-corrected chi connectivity index (χ0v) is 7.63. The molecule has 1 heterocycles. The maximum atomic E-state index is 4.43. The first-order chi connectivity index (χ1) is 5.70. The summed E-state index contributed by atoms with van der Waals surface area (Å²) in [6.45, 7) is 4.18. The van der Waals surface area contributed by atoms with Crippen LogP contribution in [0, 0.1) is 13.8 Å². The molecule has 62 valence electrons. The van der Waals surface area contributed by atoms with Crippen molar-refractivity contribution in [3.8, 4) is 0 Å². The van der Waals surface area contributed by atoms with Gasteiger partial charge in [-0.25, -0.2) is 0 Å². The van der Waals surface area contributed by atoms with Crippen molar-refractivity contribution >= 4 is 10.9 Å². The van der Waals surface area contributed by atoms with Gasteiger partial charge in [-0.15, -0.1) is 0 Å². The smallest absolute Gasteiger partial charge is 0.0955 e. The fourth-order valence-electron chi connectivity index (χ4n) is 1.48. The number of aromatic nitrogens is 2. The molecule has 2 aromatic rings. The van der Waals surface area contributed by atoms with Gasteiger partial charge in [-0.05, 0) is 19.4 Å². The molecule has 0 N–H and O–H groups in total. The Kier molecular flexibility index (Phi) is 1.43. The highest BCUT2D eigenvalue weighted by molar-refractivity contribution is 5.84. The molecule has 12 heavy (non-hydrogen) atoms. The minimum atomic E-state index is 1.12. The molecule has 0 amide bonds. The monoisotopic (exact) mass is 160 g/mol. The maximum absolute atomic E-state index is 4.43. The number of hydrogen-bond donors (Lipinski definition) is 0. The second-order valence-corrected chi connectivity index (χ2v) is 3.18. The van der Waals surface area contributed by atoms with Gasteiger partial charge in [-0.2, -0.15) is 5.10 Å². The second-order valence-electron chi connectivity index (χ2n) is 3.18. The minimum Gasteiger partial charge on any atom is -0.272 e. The van der Waals surface area contributed by atoms with E-state index in [-0.39, 0.29) is 0 Å². The fraction of sp³-hybridized carbons (Fsp3) is 0.300. The lowest BCUT2D eigenvalue weighted by Crippen LogP contribution is -1.91. The van der Waals surface area contributed by atoms with Crippen molar-refractivity contribution in [1.82, 2.24) is 9.78 Å². The molecule has 1 aromatic heterocycles. The first-order valence-electron chi connectivity index (χ1n) is 4.09. The summed E-state index contributed by atoms with van der Waals surface area (Å²) in [5.41, 5.74) is 3.60. The average molecular weight is 160 g/mol. The van der Waals surface area contributed by atoms with Crippen LogP contribution >= 0.6 is 0 Å². The molecule has 0 atom stereocenters. The molecule has 0 fully saturated rings. The van der Waals surface area contributed by atoms with E-state index < -0.39 is 0 Å². The largest absolute Gasteiger partial charge is 0.272 e. The van der Waals surface area contributed by atoms with Gasteiger partial charge in [-0.1, -0.05) is 18.2 Å². The Hall–Kier alpha value is -1.31. The van der Waals surface area contributed by atoms with E-state index in [0.29, 0.717) is 0 Å². The first-order valence-corrected chi connectivity index (χ1v) is 4.09. The van der Waals surface area contributed by atoms with Gasteiger partial charge in [0, 0.05) is 18.1 Å². The summed E-state index contributed by atoms with van der Waals surface area (Å²) in [6.07, 6.45) is 0. The van der Waals surface area contributed by atoms with Crippen LogP contribution in [0.25, 0.3) is 10.9 Å². The van der Waals surface area contributed by atoms with Crippen molar-refractivity contribution in [2.75, 3.05) is 0 Å². The molecule has 2 rings (SSSR count). The number of hydrogen-bond acceptors (Lipinski definition) is 1. The van der Waals surface area contributed by atoms with E-state index in [2.05, 4.69) is 37.1 Å². The van der Waals surface area contributed by atoms with Crippen LogP contribution in [-0.2, 0) is 7.05 Å². The Balaban J connectivity index is 2.95.